The van der Waals surface area contributed by atoms with Crippen molar-refractivity contribution in [2.24, 2.45) is 0 Å². The number of carbonyl (C=O) groups is 1. The van der Waals surface area contributed by atoms with E-state index in [0.29, 0.717) is 38.6 Å². The number of nitrogens with one attached hydrogen (secondary N) is 1. The first kappa shape index (κ1) is 22.6. The minimum atomic E-state index is -0.304. The predicted octanol–water partition coefficient (Wildman–Crippen LogP) is 5.68. The maximum atomic E-state index is 12.6. The number of fused-ring (bicyclic) bond motifs is 1. The summed E-state index contributed by atoms with van der Waals surface area (Å²) in [6.45, 7) is 0.129. The van der Waals surface area contributed by atoms with Gasteiger partial charge in [0.1, 0.15) is 17.4 Å². The molecule has 0 unspecified atom stereocenters. The fraction of sp³-hybridized carbons (Fsp3) is 0.280. The summed E-state index contributed by atoms with van der Waals surface area (Å²) < 4.78 is 7.26. The van der Waals surface area contributed by atoms with Gasteiger partial charge in [0, 0.05) is 23.7 Å². The van der Waals surface area contributed by atoms with Crippen LogP contribution in [0.2, 0.25) is 5.02 Å². The molecule has 0 aliphatic heterocycles. The van der Waals surface area contributed by atoms with Gasteiger partial charge >= 0.3 is 0 Å². The summed E-state index contributed by atoms with van der Waals surface area (Å²) in [5.41, 5.74) is 1.30. The molecule has 0 spiro atoms. The van der Waals surface area contributed by atoms with Gasteiger partial charge in [-0.3, -0.25) is 9.59 Å². The van der Waals surface area contributed by atoms with Crippen LogP contribution in [0.4, 0.5) is 5.69 Å². The lowest BCUT2D eigenvalue weighted by Gasteiger charge is -2.18. The molecule has 1 fully saturated rings. The Balaban J connectivity index is 1.28. The number of hydrogen-bond acceptors (Lipinski definition) is 6. The van der Waals surface area contributed by atoms with Gasteiger partial charge in [0.25, 0.3) is 11.5 Å². The maximum Gasteiger partial charge on any atom is 0.275 e. The van der Waals surface area contributed by atoms with Crippen molar-refractivity contribution in [1.82, 2.24) is 14.6 Å². The zero-order valence-electron chi connectivity index (χ0n) is 18.4. The van der Waals surface area contributed by atoms with Crippen LogP contribution in [0.1, 0.15) is 59.1 Å². The first-order chi connectivity index (χ1) is 16.6. The van der Waals surface area contributed by atoms with Crippen LogP contribution in [-0.4, -0.2) is 20.5 Å². The van der Waals surface area contributed by atoms with Gasteiger partial charge in [0.05, 0.1) is 16.3 Å². The SMILES string of the molecule is O=C(Nc1cccc(OCc2cc(=O)n3nc(C4CCCCC4)sc3n2)c1)c1ccccc1Cl. The van der Waals surface area contributed by atoms with Gasteiger partial charge in [-0.15, -0.1) is 0 Å². The third-order valence-electron chi connectivity index (χ3n) is 5.87. The topological polar surface area (TPSA) is 85.6 Å². The largest absolute Gasteiger partial charge is 0.487 e. The van der Waals surface area contributed by atoms with E-state index in [1.54, 1.807) is 48.5 Å². The van der Waals surface area contributed by atoms with Crippen LogP contribution in [0.15, 0.2) is 59.4 Å². The number of benzene rings is 2. The minimum absolute atomic E-state index is 0.129. The Bertz CT molecular complexity index is 1390. The number of nitrogens with zero attached hydrogens (tertiary/aromatic N) is 3. The molecule has 2 aromatic carbocycles. The minimum Gasteiger partial charge on any atom is -0.487 e. The van der Waals surface area contributed by atoms with E-state index < -0.39 is 0 Å². The molecule has 1 amide bonds. The lowest BCUT2D eigenvalue weighted by molar-refractivity contribution is 0.102. The van der Waals surface area contributed by atoms with Gasteiger partial charge in [0.15, 0.2) is 0 Å². The normalized spacial score (nSPS) is 14.3. The van der Waals surface area contributed by atoms with Gasteiger partial charge < -0.3 is 10.1 Å². The Labute approximate surface area is 205 Å². The van der Waals surface area contributed by atoms with E-state index in [1.807, 2.05) is 0 Å². The highest BCUT2D eigenvalue weighted by atomic mass is 35.5. The van der Waals surface area contributed by atoms with Crippen molar-refractivity contribution in [3.63, 3.8) is 0 Å². The number of amides is 1. The molecule has 1 N–H and O–H groups in total. The molecule has 0 radical (unpaired) electrons. The molecule has 9 heteroatoms. The number of aromatic nitrogens is 3. The average Bonchev–Trinajstić information content (AvgIpc) is 3.29. The molecule has 0 saturated heterocycles. The number of hydrogen-bond donors (Lipinski definition) is 1. The van der Waals surface area contributed by atoms with E-state index in [-0.39, 0.29) is 18.1 Å². The molecule has 0 atom stereocenters. The Kier molecular flexibility index (Phi) is 6.60. The van der Waals surface area contributed by atoms with Crippen LogP contribution in [0, 0.1) is 0 Å². The van der Waals surface area contributed by atoms with E-state index in [1.165, 1.54) is 41.2 Å². The van der Waals surface area contributed by atoms with Crippen LogP contribution in [0.5, 0.6) is 5.75 Å². The quantitative estimate of drug-likeness (QED) is 0.372. The van der Waals surface area contributed by atoms with Crippen molar-refractivity contribution in [3.05, 3.63) is 86.2 Å². The molecule has 1 aliphatic rings. The number of ether oxygens (including phenoxy) is 1. The predicted molar refractivity (Wildman–Crippen MR) is 133 cm³/mol. The highest BCUT2D eigenvalue weighted by Crippen LogP contribution is 2.34. The monoisotopic (exact) mass is 494 g/mol. The highest BCUT2D eigenvalue weighted by molar-refractivity contribution is 7.16. The highest BCUT2D eigenvalue weighted by Gasteiger charge is 2.20. The van der Waals surface area contributed by atoms with E-state index in [9.17, 15) is 9.59 Å². The van der Waals surface area contributed by atoms with Crippen LogP contribution < -0.4 is 15.6 Å². The second kappa shape index (κ2) is 9.95. The zero-order chi connectivity index (χ0) is 23.5. The summed E-state index contributed by atoms with van der Waals surface area (Å²) >= 11 is 7.60. The van der Waals surface area contributed by atoms with Crippen LogP contribution in [0.25, 0.3) is 4.96 Å². The van der Waals surface area contributed by atoms with E-state index in [2.05, 4.69) is 15.4 Å². The lowest BCUT2D eigenvalue weighted by Crippen LogP contribution is -2.17. The molecule has 0 bridgehead atoms. The Morgan fingerprint density at radius 1 is 1.12 bits per heavy atom. The number of anilines is 1. The molecular formula is C25H23ClN4O3S. The van der Waals surface area contributed by atoms with Crippen LogP contribution in [0.3, 0.4) is 0 Å². The summed E-state index contributed by atoms with van der Waals surface area (Å²) in [6, 6.07) is 15.4. The first-order valence-electron chi connectivity index (χ1n) is 11.3. The van der Waals surface area contributed by atoms with Crippen molar-refractivity contribution < 1.29 is 9.53 Å². The van der Waals surface area contributed by atoms with E-state index in [4.69, 9.17) is 16.3 Å². The molecule has 1 aliphatic carbocycles. The van der Waals surface area contributed by atoms with Gasteiger partial charge in [0.2, 0.25) is 4.96 Å². The second-order valence-electron chi connectivity index (χ2n) is 8.31. The molecule has 1 saturated carbocycles. The smallest absolute Gasteiger partial charge is 0.275 e. The molecule has 7 nitrogen and oxygen atoms in total. The van der Waals surface area contributed by atoms with Crippen molar-refractivity contribution in [3.8, 4) is 5.75 Å². The van der Waals surface area contributed by atoms with Crippen LogP contribution >= 0.6 is 22.9 Å². The zero-order valence-corrected chi connectivity index (χ0v) is 19.9. The number of rotatable bonds is 6. The molecule has 4 aromatic rings. The molecular weight excluding hydrogens is 472 g/mol. The Morgan fingerprint density at radius 3 is 2.76 bits per heavy atom. The third-order valence-corrected chi connectivity index (χ3v) is 7.27. The molecule has 34 heavy (non-hydrogen) atoms. The van der Waals surface area contributed by atoms with Crippen molar-refractivity contribution in [2.75, 3.05) is 5.32 Å². The van der Waals surface area contributed by atoms with Crippen molar-refractivity contribution in [2.45, 2.75) is 44.6 Å². The van der Waals surface area contributed by atoms with Crippen molar-refractivity contribution >= 4 is 39.5 Å². The summed E-state index contributed by atoms with van der Waals surface area (Å²) in [5, 5.41) is 8.74. The van der Waals surface area contributed by atoms with E-state index >= 15 is 0 Å². The Hall–Kier alpha value is -3.23. The van der Waals surface area contributed by atoms with Gasteiger partial charge in [-0.05, 0) is 37.1 Å². The number of carbonyl (C=O) groups excluding carboxylic acids is 1. The van der Waals surface area contributed by atoms with Crippen LogP contribution in [-0.2, 0) is 6.61 Å². The summed E-state index contributed by atoms with van der Waals surface area (Å²) in [4.78, 5) is 30.3. The summed E-state index contributed by atoms with van der Waals surface area (Å²) in [7, 11) is 0. The average molecular weight is 495 g/mol. The fourth-order valence-corrected chi connectivity index (χ4v) is 5.44. The van der Waals surface area contributed by atoms with Gasteiger partial charge in [-0.25, -0.2) is 4.98 Å². The Morgan fingerprint density at radius 2 is 1.94 bits per heavy atom. The number of halogens is 1. The lowest BCUT2D eigenvalue weighted by atomic mass is 9.90. The van der Waals surface area contributed by atoms with E-state index in [0.717, 1.165) is 17.8 Å². The van der Waals surface area contributed by atoms with Gasteiger partial charge in [-0.1, -0.05) is 60.4 Å². The maximum absolute atomic E-state index is 12.6. The molecule has 2 aromatic heterocycles. The summed E-state index contributed by atoms with van der Waals surface area (Å²) in [6.07, 6.45) is 5.92. The van der Waals surface area contributed by atoms with Gasteiger partial charge in [-0.2, -0.15) is 9.61 Å². The van der Waals surface area contributed by atoms with Crippen molar-refractivity contribution in [1.29, 1.82) is 0 Å². The second-order valence-corrected chi connectivity index (χ2v) is 9.70. The molecule has 174 valence electrons. The standard InChI is InChI=1S/C25H23ClN4O3S/c26-21-12-5-4-11-20(21)23(32)27-17-9-6-10-19(13-17)33-15-18-14-22(31)30-25(28-18)34-24(29-30)16-7-2-1-3-8-16/h4-6,9-14,16H,1-3,7-8,15H2,(H,27,32). The third kappa shape index (κ3) is 4.98. The fourth-order valence-electron chi connectivity index (χ4n) is 4.12. The molecule has 2 heterocycles. The molecule has 5 rings (SSSR count). The summed E-state index contributed by atoms with van der Waals surface area (Å²) in [5.74, 6) is 0.663. The first-order valence-corrected chi connectivity index (χ1v) is 12.4.